The third kappa shape index (κ3) is 3.52. The molecule has 4 rings (SSSR count). The second-order valence-electron chi connectivity index (χ2n) is 6.42. The summed E-state index contributed by atoms with van der Waals surface area (Å²) in [6.45, 7) is 3.36. The molecule has 23 heavy (non-hydrogen) atoms. The van der Waals surface area contributed by atoms with Gasteiger partial charge in [0.15, 0.2) is 11.5 Å². The molecule has 2 heterocycles. The van der Waals surface area contributed by atoms with E-state index in [4.69, 9.17) is 14.2 Å². The average Bonchev–Trinajstić information content (AvgIpc) is 3.28. The van der Waals surface area contributed by atoms with Crippen LogP contribution in [0.1, 0.15) is 19.3 Å². The SMILES string of the molecule is O=C(Nc1ccc2c(c1)OCCO2)N1CC[C@@H](OCC2CC2)C1. The number of fused-ring (bicyclic) bond motifs is 1. The van der Waals surface area contributed by atoms with Crippen LogP contribution in [0.4, 0.5) is 10.5 Å². The van der Waals surface area contributed by atoms with Gasteiger partial charge in [0.05, 0.1) is 6.10 Å². The summed E-state index contributed by atoms with van der Waals surface area (Å²) in [6.07, 6.45) is 3.69. The normalized spacial score (nSPS) is 23.0. The van der Waals surface area contributed by atoms with E-state index in [0.29, 0.717) is 25.5 Å². The highest BCUT2D eigenvalue weighted by Crippen LogP contribution is 2.33. The van der Waals surface area contributed by atoms with Crippen LogP contribution >= 0.6 is 0 Å². The minimum absolute atomic E-state index is 0.0841. The molecular weight excluding hydrogens is 296 g/mol. The predicted molar refractivity (Wildman–Crippen MR) is 85.1 cm³/mol. The van der Waals surface area contributed by atoms with Crippen molar-refractivity contribution in [2.75, 3.05) is 38.2 Å². The van der Waals surface area contributed by atoms with Gasteiger partial charge in [0.2, 0.25) is 0 Å². The third-order valence-electron chi connectivity index (χ3n) is 4.49. The highest BCUT2D eigenvalue weighted by molar-refractivity contribution is 5.90. The standard InChI is InChI=1S/C17H22N2O4/c20-17(19-6-5-14(10-19)23-11-12-1-2-12)18-13-3-4-15-16(9-13)22-8-7-21-15/h3-4,9,12,14H,1-2,5-8,10-11H2,(H,18,20)/t14-/m1/s1. The molecule has 6 nitrogen and oxygen atoms in total. The number of amides is 2. The van der Waals surface area contributed by atoms with E-state index in [9.17, 15) is 4.79 Å². The van der Waals surface area contributed by atoms with E-state index in [-0.39, 0.29) is 12.1 Å². The maximum atomic E-state index is 12.4. The second-order valence-corrected chi connectivity index (χ2v) is 6.42. The fourth-order valence-electron chi connectivity index (χ4n) is 2.93. The quantitative estimate of drug-likeness (QED) is 0.926. The molecule has 1 saturated carbocycles. The van der Waals surface area contributed by atoms with E-state index >= 15 is 0 Å². The number of anilines is 1. The van der Waals surface area contributed by atoms with E-state index in [1.165, 1.54) is 12.8 Å². The Kier molecular flexibility index (Phi) is 3.99. The molecule has 1 aliphatic carbocycles. The Morgan fingerprint density at radius 2 is 2.04 bits per heavy atom. The van der Waals surface area contributed by atoms with E-state index in [2.05, 4.69) is 5.32 Å². The average molecular weight is 318 g/mol. The molecule has 0 bridgehead atoms. The number of carbonyl (C=O) groups excluding carboxylic acids is 1. The molecule has 3 aliphatic rings. The lowest BCUT2D eigenvalue weighted by molar-refractivity contribution is 0.0543. The largest absolute Gasteiger partial charge is 0.486 e. The number of ether oxygens (including phenoxy) is 3. The van der Waals surface area contributed by atoms with E-state index in [1.807, 2.05) is 23.1 Å². The Morgan fingerprint density at radius 1 is 1.22 bits per heavy atom. The Hall–Kier alpha value is -1.95. The van der Waals surface area contributed by atoms with Crippen molar-refractivity contribution in [3.63, 3.8) is 0 Å². The number of nitrogens with one attached hydrogen (secondary N) is 1. The smallest absolute Gasteiger partial charge is 0.321 e. The molecule has 2 fully saturated rings. The first-order valence-corrected chi connectivity index (χ1v) is 8.35. The monoisotopic (exact) mass is 318 g/mol. The van der Waals surface area contributed by atoms with Gasteiger partial charge in [-0.1, -0.05) is 0 Å². The molecule has 1 N–H and O–H groups in total. The maximum Gasteiger partial charge on any atom is 0.321 e. The number of benzene rings is 1. The number of rotatable bonds is 4. The summed E-state index contributed by atoms with van der Waals surface area (Å²) in [5.74, 6) is 2.17. The fraction of sp³-hybridized carbons (Fsp3) is 0.588. The summed E-state index contributed by atoms with van der Waals surface area (Å²) in [5, 5.41) is 2.93. The van der Waals surface area contributed by atoms with Gasteiger partial charge in [0.25, 0.3) is 0 Å². The van der Waals surface area contributed by atoms with Gasteiger partial charge >= 0.3 is 6.03 Å². The van der Waals surface area contributed by atoms with Crippen LogP contribution in [0.25, 0.3) is 0 Å². The Bertz CT molecular complexity index is 588. The van der Waals surface area contributed by atoms with Crippen LogP contribution in [0.15, 0.2) is 18.2 Å². The minimum Gasteiger partial charge on any atom is -0.486 e. The van der Waals surface area contributed by atoms with E-state index < -0.39 is 0 Å². The molecular formula is C17H22N2O4. The molecule has 1 atom stereocenters. The van der Waals surface area contributed by atoms with Crippen molar-refractivity contribution in [3.05, 3.63) is 18.2 Å². The number of urea groups is 1. The van der Waals surface area contributed by atoms with Gasteiger partial charge in [0.1, 0.15) is 13.2 Å². The predicted octanol–water partition coefficient (Wildman–Crippen LogP) is 2.49. The van der Waals surface area contributed by atoms with Gasteiger partial charge in [-0.2, -0.15) is 0 Å². The molecule has 0 radical (unpaired) electrons. The second kappa shape index (κ2) is 6.28. The molecule has 1 saturated heterocycles. The topological polar surface area (TPSA) is 60.0 Å². The van der Waals surface area contributed by atoms with Crippen molar-refractivity contribution in [3.8, 4) is 11.5 Å². The number of hydrogen-bond acceptors (Lipinski definition) is 4. The van der Waals surface area contributed by atoms with Gasteiger partial charge in [0, 0.05) is 31.5 Å². The molecule has 2 amide bonds. The summed E-state index contributed by atoms with van der Waals surface area (Å²) < 4.78 is 16.9. The Balaban J connectivity index is 1.31. The van der Waals surface area contributed by atoms with Crippen LogP contribution in [0.2, 0.25) is 0 Å². The van der Waals surface area contributed by atoms with Crippen molar-refractivity contribution in [1.82, 2.24) is 4.90 Å². The van der Waals surface area contributed by atoms with Crippen LogP contribution in [-0.2, 0) is 4.74 Å². The van der Waals surface area contributed by atoms with Crippen molar-refractivity contribution < 1.29 is 19.0 Å². The van der Waals surface area contributed by atoms with Crippen LogP contribution in [-0.4, -0.2) is 49.9 Å². The number of hydrogen-bond donors (Lipinski definition) is 1. The Morgan fingerprint density at radius 3 is 2.87 bits per heavy atom. The summed E-state index contributed by atoms with van der Waals surface area (Å²) in [7, 11) is 0. The molecule has 6 heteroatoms. The van der Waals surface area contributed by atoms with Crippen molar-refractivity contribution in [2.45, 2.75) is 25.4 Å². The summed E-state index contributed by atoms with van der Waals surface area (Å²) in [5.41, 5.74) is 0.724. The lowest BCUT2D eigenvalue weighted by atomic mass is 10.2. The summed E-state index contributed by atoms with van der Waals surface area (Å²) in [6, 6.07) is 5.39. The highest BCUT2D eigenvalue weighted by Gasteiger charge is 2.29. The zero-order chi connectivity index (χ0) is 15.6. The van der Waals surface area contributed by atoms with Crippen LogP contribution in [0.5, 0.6) is 11.5 Å². The molecule has 2 aliphatic heterocycles. The lowest BCUT2D eigenvalue weighted by Crippen LogP contribution is -2.34. The maximum absolute atomic E-state index is 12.4. The van der Waals surface area contributed by atoms with Crippen LogP contribution < -0.4 is 14.8 Å². The van der Waals surface area contributed by atoms with Gasteiger partial charge in [-0.15, -0.1) is 0 Å². The van der Waals surface area contributed by atoms with Gasteiger partial charge in [-0.3, -0.25) is 0 Å². The van der Waals surface area contributed by atoms with Crippen molar-refractivity contribution in [2.24, 2.45) is 5.92 Å². The molecule has 1 aromatic rings. The molecule has 0 spiro atoms. The molecule has 0 unspecified atom stereocenters. The number of likely N-dealkylation sites (tertiary alicyclic amines) is 1. The van der Waals surface area contributed by atoms with Crippen LogP contribution in [0, 0.1) is 5.92 Å². The molecule has 1 aromatic carbocycles. The number of carbonyl (C=O) groups is 1. The van der Waals surface area contributed by atoms with Gasteiger partial charge < -0.3 is 24.4 Å². The Labute approximate surface area is 135 Å². The van der Waals surface area contributed by atoms with E-state index in [1.54, 1.807) is 0 Å². The van der Waals surface area contributed by atoms with Gasteiger partial charge in [-0.25, -0.2) is 4.79 Å². The zero-order valence-corrected chi connectivity index (χ0v) is 13.1. The fourth-order valence-corrected chi connectivity index (χ4v) is 2.93. The first-order chi connectivity index (χ1) is 11.3. The van der Waals surface area contributed by atoms with E-state index in [0.717, 1.165) is 36.9 Å². The first-order valence-electron chi connectivity index (χ1n) is 8.35. The number of nitrogens with zero attached hydrogens (tertiary/aromatic N) is 1. The minimum atomic E-state index is -0.0841. The third-order valence-corrected chi connectivity index (χ3v) is 4.49. The first kappa shape index (κ1) is 14.6. The lowest BCUT2D eigenvalue weighted by Gasteiger charge is -2.20. The van der Waals surface area contributed by atoms with Crippen molar-refractivity contribution >= 4 is 11.7 Å². The highest BCUT2D eigenvalue weighted by atomic mass is 16.6. The summed E-state index contributed by atoms with van der Waals surface area (Å²) >= 11 is 0. The summed E-state index contributed by atoms with van der Waals surface area (Å²) in [4.78, 5) is 14.2. The molecule has 0 aromatic heterocycles. The van der Waals surface area contributed by atoms with Crippen molar-refractivity contribution in [1.29, 1.82) is 0 Å². The zero-order valence-electron chi connectivity index (χ0n) is 13.1. The van der Waals surface area contributed by atoms with Crippen LogP contribution in [0.3, 0.4) is 0 Å². The van der Waals surface area contributed by atoms with Gasteiger partial charge in [-0.05, 0) is 37.3 Å². The molecule has 124 valence electrons.